The van der Waals surface area contributed by atoms with Gasteiger partial charge in [-0.2, -0.15) is 0 Å². The number of oxime groups is 1. The fourth-order valence-corrected chi connectivity index (χ4v) is 1.50. The van der Waals surface area contributed by atoms with Gasteiger partial charge in [0, 0.05) is 5.92 Å². The first-order valence-corrected chi connectivity index (χ1v) is 5.76. The molecule has 0 atom stereocenters. The van der Waals surface area contributed by atoms with E-state index in [0.717, 1.165) is 25.9 Å². The van der Waals surface area contributed by atoms with Gasteiger partial charge < -0.3 is 20.6 Å². The average Bonchev–Trinajstić information content (AvgIpc) is 2.29. The van der Waals surface area contributed by atoms with E-state index in [1.807, 2.05) is 0 Å². The molecule has 0 aromatic heterocycles. The van der Waals surface area contributed by atoms with E-state index in [1.54, 1.807) is 13.8 Å². The van der Waals surface area contributed by atoms with E-state index in [4.69, 9.17) is 10.9 Å². The fraction of sp³-hybridized carbons (Fsp3) is 0.818. The van der Waals surface area contributed by atoms with Crippen LogP contribution in [-0.4, -0.2) is 48.7 Å². The van der Waals surface area contributed by atoms with E-state index < -0.39 is 0 Å². The summed E-state index contributed by atoms with van der Waals surface area (Å²) in [6.07, 6.45) is 2.04. The van der Waals surface area contributed by atoms with Crippen LogP contribution in [0.5, 0.6) is 0 Å². The molecule has 0 bridgehead atoms. The number of hydrogen-bond donors (Lipinski definition) is 2. The van der Waals surface area contributed by atoms with Crippen LogP contribution in [0.1, 0.15) is 26.7 Å². The van der Waals surface area contributed by atoms with E-state index in [2.05, 4.69) is 21.8 Å². The Morgan fingerprint density at radius 1 is 1.53 bits per heavy atom. The predicted octanol–water partition coefficient (Wildman–Crippen LogP) is 0.642. The predicted molar refractivity (Wildman–Crippen MR) is 65.9 cm³/mol. The number of hydrogen-bond acceptors (Lipinski definition) is 5. The van der Waals surface area contributed by atoms with Gasteiger partial charge in [-0.3, -0.25) is 4.79 Å². The zero-order valence-electron chi connectivity index (χ0n) is 10.8. The number of ether oxygens (including phenoxy) is 1. The number of piperidine rings is 1. The highest BCUT2D eigenvalue weighted by Crippen LogP contribution is 2.15. The quantitative estimate of drug-likeness (QED) is 0.250. The van der Waals surface area contributed by atoms with Crippen molar-refractivity contribution < 1.29 is 14.7 Å². The SMILES string of the molecule is CC(C)OC=O.CN1CCC(/C(N)=N/O)CC1. The average molecular weight is 245 g/mol. The molecule has 1 rings (SSSR count). The lowest BCUT2D eigenvalue weighted by Gasteiger charge is -2.27. The molecule has 0 saturated carbocycles. The number of nitrogens with zero attached hydrogens (tertiary/aromatic N) is 2. The lowest BCUT2D eigenvalue weighted by molar-refractivity contribution is -0.131. The molecule has 1 aliphatic rings. The molecule has 0 aliphatic carbocycles. The van der Waals surface area contributed by atoms with E-state index in [0.29, 0.717) is 12.3 Å². The Hall–Kier alpha value is -1.30. The molecule has 6 nitrogen and oxygen atoms in total. The summed E-state index contributed by atoms with van der Waals surface area (Å²) >= 11 is 0. The molecule has 1 heterocycles. The molecule has 0 aromatic rings. The van der Waals surface area contributed by atoms with Crippen LogP contribution in [-0.2, 0) is 9.53 Å². The summed E-state index contributed by atoms with van der Waals surface area (Å²) in [5.41, 5.74) is 5.47. The number of carbonyl (C=O) groups excluding carboxylic acids is 1. The van der Waals surface area contributed by atoms with Crippen molar-refractivity contribution in [3.05, 3.63) is 0 Å². The van der Waals surface area contributed by atoms with Gasteiger partial charge in [-0.05, 0) is 46.8 Å². The van der Waals surface area contributed by atoms with Crippen LogP contribution < -0.4 is 5.73 Å². The first-order chi connectivity index (χ1) is 8.01. The van der Waals surface area contributed by atoms with Crippen LogP contribution in [0.4, 0.5) is 0 Å². The smallest absolute Gasteiger partial charge is 0.293 e. The molecule has 6 heteroatoms. The summed E-state index contributed by atoms with van der Waals surface area (Å²) in [5.74, 6) is 0.675. The van der Waals surface area contributed by atoms with Gasteiger partial charge in [-0.25, -0.2) is 0 Å². The highest BCUT2D eigenvalue weighted by molar-refractivity contribution is 5.82. The molecule has 3 N–H and O–H groups in total. The van der Waals surface area contributed by atoms with Gasteiger partial charge >= 0.3 is 0 Å². The minimum atomic E-state index is 0.0301. The normalized spacial score (nSPS) is 18.5. The number of likely N-dealkylation sites (tertiary alicyclic amines) is 1. The highest BCUT2D eigenvalue weighted by Gasteiger charge is 2.19. The van der Waals surface area contributed by atoms with Crippen LogP contribution >= 0.6 is 0 Å². The third kappa shape index (κ3) is 7.57. The van der Waals surface area contributed by atoms with Crippen molar-refractivity contribution in [3.8, 4) is 0 Å². The highest BCUT2D eigenvalue weighted by atomic mass is 16.5. The molecule has 0 unspecified atom stereocenters. The fourth-order valence-electron chi connectivity index (χ4n) is 1.50. The Morgan fingerprint density at radius 2 is 2.06 bits per heavy atom. The Balaban J connectivity index is 0.000000366. The minimum absolute atomic E-state index is 0.0301. The maximum absolute atomic E-state index is 9.39. The van der Waals surface area contributed by atoms with Gasteiger partial charge in [-0.15, -0.1) is 0 Å². The van der Waals surface area contributed by atoms with Gasteiger partial charge in [0.15, 0.2) is 0 Å². The summed E-state index contributed by atoms with van der Waals surface area (Å²) < 4.78 is 4.36. The number of nitrogens with two attached hydrogens (primary N) is 1. The second-order valence-electron chi connectivity index (χ2n) is 4.38. The zero-order valence-corrected chi connectivity index (χ0v) is 10.8. The summed E-state index contributed by atoms with van der Waals surface area (Å²) in [5, 5.41) is 11.4. The molecule has 0 radical (unpaired) electrons. The molecule has 0 aromatic carbocycles. The Labute approximate surface area is 102 Å². The molecule has 1 saturated heterocycles. The Kier molecular flexibility index (Phi) is 8.13. The first-order valence-electron chi connectivity index (χ1n) is 5.76. The number of amidine groups is 1. The van der Waals surface area contributed by atoms with Crippen molar-refractivity contribution in [2.24, 2.45) is 16.8 Å². The van der Waals surface area contributed by atoms with Crippen molar-refractivity contribution in [2.75, 3.05) is 20.1 Å². The number of rotatable bonds is 3. The van der Waals surface area contributed by atoms with E-state index in [9.17, 15) is 4.79 Å². The maximum Gasteiger partial charge on any atom is 0.293 e. The van der Waals surface area contributed by atoms with Gasteiger partial charge in [0.2, 0.25) is 0 Å². The topological polar surface area (TPSA) is 88.2 Å². The van der Waals surface area contributed by atoms with Crippen molar-refractivity contribution in [3.63, 3.8) is 0 Å². The van der Waals surface area contributed by atoms with E-state index in [-0.39, 0.29) is 12.0 Å². The van der Waals surface area contributed by atoms with E-state index >= 15 is 0 Å². The van der Waals surface area contributed by atoms with Crippen molar-refractivity contribution in [2.45, 2.75) is 32.8 Å². The minimum Gasteiger partial charge on any atom is -0.465 e. The zero-order chi connectivity index (χ0) is 13.3. The largest absolute Gasteiger partial charge is 0.465 e. The molecule has 1 fully saturated rings. The van der Waals surface area contributed by atoms with Gasteiger partial charge in [0.05, 0.1) is 6.10 Å². The van der Waals surface area contributed by atoms with Gasteiger partial charge in [0.1, 0.15) is 5.84 Å². The molecule has 0 amide bonds. The Morgan fingerprint density at radius 3 is 2.35 bits per heavy atom. The van der Waals surface area contributed by atoms with Crippen LogP contribution in [0, 0.1) is 5.92 Å². The number of carbonyl (C=O) groups is 1. The van der Waals surface area contributed by atoms with Crippen LogP contribution in [0.2, 0.25) is 0 Å². The standard InChI is InChI=1S/C7H15N3O.C4H8O2/c1-10-4-2-6(3-5-10)7(8)9-11;1-4(2)6-3-5/h6,11H,2-5H2,1H3,(H2,8,9);3-4H,1-2H3. The third-order valence-electron chi connectivity index (χ3n) is 2.58. The van der Waals surface area contributed by atoms with Crippen LogP contribution in [0.25, 0.3) is 0 Å². The molecule has 1 aliphatic heterocycles. The first kappa shape index (κ1) is 15.7. The summed E-state index contributed by atoms with van der Waals surface area (Å²) in [6, 6.07) is 0. The molecular formula is C11H23N3O3. The van der Waals surface area contributed by atoms with Crippen molar-refractivity contribution in [1.29, 1.82) is 0 Å². The van der Waals surface area contributed by atoms with Gasteiger partial charge in [-0.1, -0.05) is 5.16 Å². The lowest BCUT2D eigenvalue weighted by Crippen LogP contribution is -2.36. The summed E-state index contributed by atoms with van der Waals surface area (Å²) in [7, 11) is 2.09. The van der Waals surface area contributed by atoms with Crippen LogP contribution in [0.15, 0.2) is 5.16 Å². The molecule has 100 valence electrons. The third-order valence-corrected chi connectivity index (χ3v) is 2.58. The molecular weight excluding hydrogens is 222 g/mol. The lowest BCUT2D eigenvalue weighted by atomic mass is 9.96. The summed E-state index contributed by atoms with van der Waals surface area (Å²) in [6.45, 7) is 6.13. The summed E-state index contributed by atoms with van der Waals surface area (Å²) in [4.78, 5) is 11.6. The van der Waals surface area contributed by atoms with E-state index in [1.165, 1.54) is 0 Å². The second-order valence-corrected chi connectivity index (χ2v) is 4.38. The monoisotopic (exact) mass is 245 g/mol. The molecule has 17 heavy (non-hydrogen) atoms. The van der Waals surface area contributed by atoms with Crippen molar-refractivity contribution in [1.82, 2.24) is 4.90 Å². The second kappa shape index (κ2) is 8.81. The van der Waals surface area contributed by atoms with Crippen molar-refractivity contribution >= 4 is 12.3 Å². The Bertz CT molecular complexity index is 236. The van der Waals surface area contributed by atoms with Crippen LogP contribution in [0.3, 0.4) is 0 Å². The maximum atomic E-state index is 9.39. The van der Waals surface area contributed by atoms with Gasteiger partial charge in [0.25, 0.3) is 6.47 Å². The molecule has 0 spiro atoms.